The molecule has 6 nitrogen and oxygen atoms in total. The summed E-state index contributed by atoms with van der Waals surface area (Å²) < 4.78 is 12.3. The molecule has 0 atom stereocenters. The van der Waals surface area contributed by atoms with Crippen molar-refractivity contribution in [1.82, 2.24) is 18.7 Å². The molecule has 10 aromatic carbocycles. The number of benzene rings is 10. The Morgan fingerprint density at radius 1 is 0.314 bits per heavy atom. The van der Waals surface area contributed by atoms with Gasteiger partial charge in [-0.3, -0.25) is 4.98 Å². The van der Waals surface area contributed by atoms with Crippen molar-refractivity contribution in [3.8, 4) is 22.8 Å². The number of para-hydroxylation sites is 7. The lowest BCUT2D eigenvalue weighted by atomic mass is 10.1. The van der Waals surface area contributed by atoms with Crippen LogP contribution in [0.25, 0.3) is 93.4 Å². The van der Waals surface area contributed by atoms with E-state index in [9.17, 15) is 0 Å². The summed E-state index contributed by atoms with van der Waals surface area (Å²) >= 11 is 1.47. The SMILES string of the molecule is [AlH][O]c1cccc2cccnc12.c1ccc2c(c1)c1ccccc1n2-c1ccc(N(c2ccc(-n3c4ccccc4c4ccccc43)cc2)c2ccc(-n3c4ccccc4c4ccccc43)cc2)cc1. The summed E-state index contributed by atoms with van der Waals surface area (Å²) in [6.45, 7) is 0. The molecule has 0 saturated carbocycles. The van der Waals surface area contributed by atoms with Gasteiger partial charge < -0.3 is 22.4 Å². The molecule has 0 aliphatic carbocycles. The van der Waals surface area contributed by atoms with Crippen molar-refractivity contribution in [2.75, 3.05) is 4.90 Å². The summed E-state index contributed by atoms with van der Waals surface area (Å²) in [5.74, 6) is 0.839. The molecular weight excluding hydrogens is 870 g/mol. The molecule has 0 bridgehead atoms. The average Bonchev–Trinajstić information content (AvgIpc) is 4.08. The summed E-state index contributed by atoms with van der Waals surface area (Å²) in [5, 5.41) is 8.67. The van der Waals surface area contributed by atoms with Crippen LogP contribution in [-0.4, -0.2) is 35.3 Å². The topological polar surface area (TPSA) is 40.1 Å². The lowest BCUT2D eigenvalue weighted by molar-refractivity contribution is 0.622. The third-order valence-corrected chi connectivity index (χ3v) is 13.9. The Balaban J connectivity index is 0.000000350. The number of nitrogens with zero attached hydrogens (tertiary/aromatic N) is 5. The van der Waals surface area contributed by atoms with Crippen molar-refractivity contribution in [3.05, 3.63) is 255 Å². The molecule has 0 unspecified atom stereocenters. The van der Waals surface area contributed by atoms with Crippen molar-refractivity contribution >= 4 is 110 Å². The first kappa shape index (κ1) is 41.3. The smallest absolute Gasteiger partial charge is 0.494 e. The Morgan fingerprint density at radius 3 is 0.929 bits per heavy atom. The maximum atomic E-state index is 5.19. The molecule has 4 heterocycles. The van der Waals surface area contributed by atoms with Crippen LogP contribution >= 0.6 is 0 Å². The molecule has 0 fully saturated rings. The second-order valence-corrected chi connectivity index (χ2v) is 17.8. The minimum absolute atomic E-state index is 0.839. The van der Waals surface area contributed by atoms with Gasteiger partial charge in [-0.15, -0.1) is 0 Å². The second-order valence-electron chi connectivity index (χ2n) is 17.5. The Morgan fingerprint density at radius 2 is 0.614 bits per heavy atom. The van der Waals surface area contributed by atoms with Crippen LogP contribution in [0.3, 0.4) is 0 Å². The number of aromatic nitrogens is 4. The summed E-state index contributed by atoms with van der Waals surface area (Å²) in [4.78, 5) is 6.59. The molecule has 0 amide bonds. The predicted octanol–water partition coefficient (Wildman–Crippen LogP) is 15.9. The van der Waals surface area contributed by atoms with Crippen LogP contribution in [-0.2, 0) is 0 Å². The minimum atomic E-state index is 0.839. The Kier molecular flexibility index (Phi) is 10.2. The normalized spacial score (nSPS) is 11.5. The van der Waals surface area contributed by atoms with Crippen molar-refractivity contribution in [2.45, 2.75) is 0 Å². The van der Waals surface area contributed by atoms with Gasteiger partial charge in [0.1, 0.15) is 11.3 Å². The Bertz CT molecular complexity index is 3690. The van der Waals surface area contributed by atoms with Gasteiger partial charge in [-0.1, -0.05) is 127 Å². The fourth-order valence-corrected chi connectivity index (χ4v) is 10.7. The van der Waals surface area contributed by atoms with E-state index in [-0.39, 0.29) is 0 Å². The van der Waals surface area contributed by atoms with Gasteiger partial charge in [0.2, 0.25) is 0 Å². The third kappa shape index (κ3) is 6.91. The first-order valence-corrected chi connectivity index (χ1v) is 24.1. The maximum absolute atomic E-state index is 5.19. The molecule has 4 aromatic heterocycles. The van der Waals surface area contributed by atoms with Gasteiger partial charge in [-0.2, -0.15) is 0 Å². The molecule has 329 valence electrons. The fraction of sp³-hybridized carbons (Fsp3) is 0. The maximum Gasteiger partial charge on any atom is 0.494 e. The van der Waals surface area contributed by atoms with Crippen LogP contribution in [0.1, 0.15) is 0 Å². The molecular formula is C63H43AlN5O. The zero-order valence-corrected chi connectivity index (χ0v) is 39.5. The van der Waals surface area contributed by atoms with Crippen LogP contribution in [0.2, 0.25) is 0 Å². The number of hydrogen-bond donors (Lipinski definition) is 0. The first-order chi connectivity index (χ1) is 34.7. The first-order valence-electron chi connectivity index (χ1n) is 23.5. The number of hydrogen-bond acceptors (Lipinski definition) is 3. The van der Waals surface area contributed by atoms with Gasteiger partial charge in [0, 0.05) is 78.0 Å². The van der Waals surface area contributed by atoms with E-state index in [1.54, 1.807) is 6.20 Å². The highest BCUT2D eigenvalue weighted by Crippen LogP contribution is 2.40. The zero-order chi connectivity index (χ0) is 46.5. The minimum Gasteiger partial charge on any atom is -0.649 e. The number of rotatable bonds is 7. The summed E-state index contributed by atoms with van der Waals surface area (Å²) in [6.07, 6.45) is 1.77. The van der Waals surface area contributed by atoms with Gasteiger partial charge in [0.05, 0.1) is 33.1 Å². The largest absolute Gasteiger partial charge is 0.649 e. The fourth-order valence-electron chi connectivity index (χ4n) is 10.5. The highest BCUT2D eigenvalue weighted by atomic mass is 27.1. The molecule has 0 spiro atoms. The van der Waals surface area contributed by atoms with E-state index >= 15 is 0 Å². The highest BCUT2D eigenvalue weighted by molar-refractivity contribution is 6.11. The monoisotopic (exact) mass is 912 g/mol. The molecule has 0 aliphatic heterocycles. The van der Waals surface area contributed by atoms with E-state index in [1.807, 2.05) is 30.3 Å². The Labute approximate surface area is 412 Å². The molecule has 70 heavy (non-hydrogen) atoms. The number of pyridine rings is 1. The van der Waals surface area contributed by atoms with Crippen molar-refractivity contribution in [1.29, 1.82) is 0 Å². The van der Waals surface area contributed by atoms with Crippen LogP contribution in [0, 0.1) is 0 Å². The molecule has 7 heteroatoms. The van der Waals surface area contributed by atoms with Gasteiger partial charge in [-0.25, -0.2) is 0 Å². The summed E-state index contributed by atoms with van der Waals surface area (Å²) in [6, 6.07) is 88.9. The van der Waals surface area contributed by atoms with Gasteiger partial charge in [-0.05, 0) is 121 Å². The predicted molar refractivity (Wildman–Crippen MR) is 294 cm³/mol. The van der Waals surface area contributed by atoms with E-state index in [2.05, 4.69) is 242 Å². The lowest BCUT2D eigenvalue weighted by Gasteiger charge is -2.26. The zero-order valence-electron chi connectivity index (χ0n) is 38.1. The van der Waals surface area contributed by atoms with Crippen LogP contribution in [0.5, 0.6) is 5.75 Å². The summed E-state index contributed by atoms with van der Waals surface area (Å²) in [5.41, 5.74) is 14.8. The van der Waals surface area contributed by atoms with Gasteiger partial charge >= 0.3 is 16.6 Å². The van der Waals surface area contributed by atoms with Crippen molar-refractivity contribution < 1.29 is 3.79 Å². The second kappa shape index (κ2) is 17.3. The summed E-state index contributed by atoms with van der Waals surface area (Å²) in [7, 11) is 0. The molecule has 0 aliphatic rings. The van der Waals surface area contributed by atoms with E-state index < -0.39 is 0 Å². The van der Waals surface area contributed by atoms with Crippen molar-refractivity contribution in [3.63, 3.8) is 0 Å². The van der Waals surface area contributed by atoms with Gasteiger partial charge in [0.15, 0.2) is 0 Å². The molecule has 1 radical (unpaired) electrons. The van der Waals surface area contributed by atoms with Crippen LogP contribution < -0.4 is 8.69 Å². The number of fused-ring (bicyclic) bond motifs is 10. The van der Waals surface area contributed by atoms with Crippen LogP contribution in [0.15, 0.2) is 255 Å². The third-order valence-electron chi connectivity index (χ3n) is 13.6. The molecule has 14 rings (SSSR count). The van der Waals surface area contributed by atoms with E-state index in [1.165, 1.54) is 82.0 Å². The van der Waals surface area contributed by atoms with Crippen molar-refractivity contribution in [2.24, 2.45) is 0 Å². The van der Waals surface area contributed by atoms with E-state index in [0.717, 1.165) is 50.8 Å². The Hall–Kier alpha value is -8.86. The van der Waals surface area contributed by atoms with E-state index in [0.29, 0.717) is 0 Å². The standard InChI is InChI=1S/C54H36N4.C9H7NO.Al.H/c1-7-19-49-43(13-1)44-14-2-8-20-50(44)56(49)40-31-25-37(26-32-40)55(38-27-33-41(34-28-38)57-51-21-9-3-15-45(51)46-16-4-10-22-52(46)57)39-29-35-42(36-30-39)58-53-23-11-5-17-47(53)48-18-6-12-24-54(48)58;11-8-5-1-3-7-4-2-6-10-9(7)8;;/h1-36H;1-6,11H;;/q;;+1;/p-1. The molecule has 14 aromatic rings. The quantitative estimate of drug-likeness (QED) is 0.150. The van der Waals surface area contributed by atoms with Gasteiger partial charge in [0.25, 0.3) is 0 Å². The molecule has 0 saturated heterocycles. The molecule has 0 N–H and O–H groups in total. The number of anilines is 3. The lowest BCUT2D eigenvalue weighted by Crippen LogP contribution is -2.10. The van der Waals surface area contributed by atoms with E-state index in [4.69, 9.17) is 3.79 Å². The average molecular weight is 913 g/mol. The van der Waals surface area contributed by atoms with Crippen LogP contribution in [0.4, 0.5) is 17.1 Å². The highest BCUT2D eigenvalue weighted by Gasteiger charge is 2.18.